The highest BCUT2D eigenvalue weighted by molar-refractivity contribution is 7.89. The van der Waals surface area contributed by atoms with Gasteiger partial charge in [-0.15, -0.1) is 0 Å². The molecule has 12 heteroatoms. The molecule has 212 valence electrons. The van der Waals surface area contributed by atoms with Crippen molar-refractivity contribution < 1.29 is 37.0 Å². The summed E-state index contributed by atoms with van der Waals surface area (Å²) in [5, 5.41) is 2.70. The van der Waals surface area contributed by atoms with Crippen molar-refractivity contribution in [2.75, 3.05) is 32.2 Å². The Morgan fingerprint density at radius 1 is 0.974 bits per heavy atom. The summed E-state index contributed by atoms with van der Waals surface area (Å²) in [7, 11) is -2.41. The van der Waals surface area contributed by atoms with Crippen molar-refractivity contribution in [1.82, 2.24) is 9.62 Å². The number of hydrogen-bond donors (Lipinski definition) is 2. The number of nitrogens with zero attached hydrogens (tertiary/aromatic N) is 1. The van der Waals surface area contributed by atoms with Crippen molar-refractivity contribution in [2.24, 2.45) is 5.92 Å². The quantitative estimate of drug-likeness (QED) is 0.348. The summed E-state index contributed by atoms with van der Waals surface area (Å²) in [6.07, 6.45) is 1.01. The first kappa shape index (κ1) is 29.9. The number of methoxy groups -OCH3 is 1. The number of anilines is 1. The normalized spacial score (nSPS) is 14.4. The van der Waals surface area contributed by atoms with Gasteiger partial charge in [0, 0.05) is 30.8 Å². The number of nitrogens with one attached hydrogen (secondary N) is 2. The number of carbonyl (C=O) groups excluding carboxylic acids is 3. The number of sulfonamides is 1. The lowest BCUT2D eigenvalue weighted by Gasteiger charge is -2.33. The minimum atomic E-state index is -3.94. The molecule has 1 fully saturated rings. The first-order valence-electron chi connectivity index (χ1n) is 12.5. The van der Waals surface area contributed by atoms with Crippen LogP contribution in [-0.4, -0.2) is 63.8 Å². The van der Waals surface area contributed by atoms with Crippen LogP contribution in [0.3, 0.4) is 0 Å². The van der Waals surface area contributed by atoms with Gasteiger partial charge in [-0.1, -0.05) is 0 Å². The van der Waals surface area contributed by atoms with E-state index in [0.717, 1.165) is 0 Å². The number of likely N-dealkylation sites (tertiary alicyclic amines) is 1. The molecular weight excluding hydrogens is 526 g/mol. The van der Waals surface area contributed by atoms with Crippen LogP contribution in [0.2, 0.25) is 0 Å². The maximum atomic E-state index is 12.6. The molecule has 1 aliphatic heterocycles. The molecule has 0 atom stereocenters. The lowest BCUT2D eigenvalue weighted by molar-refractivity contribution is -0.145. The molecule has 0 radical (unpaired) electrons. The number of amides is 2. The average Bonchev–Trinajstić information content (AvgIpc) is 2.88. The molecule has 39 heavy (non-hydrogen) atoms. The van der Waals surface area contributed by atoms with Crippen LogP contribution in [0.5, 0.6) is 5.75 Å². The summed E-state index contributed by atoms with van der Waals surface area (Å²) in [4.78, 5) is 38.4. The fourth-order valence-corrected chi connectivity index (χ4v) is 4.75. The molecule has 2 N–H and O–H groups in total. The largest absolute Gasteiger partial charge is 0.497 e. The molecule has 0 aliphatic carbocycles. The number of carbonyl (C=O) groups is 3. The van der Waals surface area contributed by atoms with Crippen LogP contribution < -0.4 is 14.8 Å². The van der Waals surface area contributed by atoms with Gasteiger partial charge in [0.05, 0.1) is 12.0 Å². The van der Waals surface area contributed by atoms with Crippen molar-refractivity contribution in [2.45, 2.75) is 50.5 Å². The molecule has 0 spiro atoms. The summed E-state index contributed by atoms with van der Waals surface area (Å²) in [5.74, 6) is -0.216. The highest BCUT2D eigenvalue weighted by atomic mass is 32.2. The lowest BCUT2D eigenvalue weighted by Crippen LogP contribution is -2.42. The van der Waals surface area contributed by atoms with E-state index >= 15 is 0 Å². The fraction of sp³-hybridized carbons (Fsp3) is 0.444. The minimum absolute atomic E-state index is 0.0356. The highest BCUT2D eigenvalue weighted by Gasteiger charge is 2.28. The van der Waals surface area contributed by atoms with Gasteiger partial charge in [-0.2, -0.15) is 4.72 Å². The lowest BCUT2D eigenvalue weighted by atomic mass is 9.94. The van der Waals surface area contributed by atoms with Gasteiger partial charge in [0.2, 0.25) is 10.0 Å². The van der Waals surface area contributed by atoms with Crippen LogP contribution in [0.15, 0.2) is 53.4 Å². The van der Waals surface area contributed by atoms with Crippen LogP contribution in [0.25, 0.3) is 0 Å². The first-order chi connectivity index (χ1) is 18.4. The van der Waals surface area contributed by atoms with E-state index in [1.165, 1.54) is 31.4 Å². The van der Waals surface area contributed by atoms with E-state index in [1.54, 1.807) is 29.2 Å². The zero-order valence-electron chi connectivity index (χ0n) is 22.6. The van der Waals surface area contributed by atoms with Gasteiger partial charge in [-0.05, 0) is 88.1 Å². The third kappa shape index (κ3) is 9.25. The number of esters is 1. The molecule has 3 rings (SSSR count). The van der Waals surface area contributed by atoms with E-state index in [9.17, 15) is 22.8 Å². The van der Waals surface area contributed by atoms with E-state index in [-0.39, 0.29) is 29.2 Å². The molecule has 1 saturated heterocycles. The van der Waals surface area contributed by atoms with Crippen molar-refractivity contribution in [1.29, 1.82) is 0 Å². The smallest absolute Gasteiger partial charge is 0.410 e. The monoisotopic (exact) mass is 561 g/mol. The summed E-state index contributed by atoms with van der Waals surface area (Å²) in [6, 6.07) is 12.2. The third-order valence-electron chi connectivity index (χ3n) is 5.98. The molecule has 0 unspecified atom stereocenters. The second kappa shape index (κ2) is 12.9. The van der Waals surface area contributed by atoms with Gasteiger partial charge in [0.25, 0.3) is 5.91 Å². The van der Waals surface area contributed by atoms with E-state index < -0.39 is 28.3 Å². The highest BCUT2D eigenvalue weighted by Crippen LogP contribution is 2.23. The molecule has 0 saturated carbocycles. The standard InChI is InChI=1S/C27H35N3O8S/c1-27(2,3)38-26(33)30-15-13-19(14-16-30)17-24(31)37-18-28-39(34,35)23-11-7-21(8-12-23)29-25(32)20-5-9-22(36-4)10-6-20/h5-12,19,28H,13-18H2,1-4H3,(H,29,32). The van der Waals surface area contributed by atoms with Crippen molar-refractivity contribution >= 4 is 33.7 Å². The average molecular weight is 562 g/mol. The predicted molar refractivity (Wildman–Crippen MR) is 144 cm³/mol. The van der Waals surface area contributed by atoms with Gasteiger partial charge in [0.1, 0.15) is 11.4 Å². The molecule has 0 bridgehead atoms. The van der Waals surface area contributed by atoms with Crippen LogP contribution in [0, 0.1) is 5.92 Å². The Morgan fingerprint density at radius 3 is 2.15 bits per heavy atom. The number of hydrogen-bond acceptors (Lipinski definition) is 8. The Hall–Kier alpha value is -3.64. The number of benzene rings is 2. The molecule has 1 heterocycles. The van der Waals surface area contributed by atoms with Crippen molar-refractivity contribution in [3.05, 3.63) is 54.1 Å². The summed E-state index contributed by atoms with van der Waals surface area (Å²) in [5.41, 5.74) is 0.268. The molecule has 0 aromatic heterocycles. The van der Waals surface area contributed by atoms with E-state index in [4.69, 9.17) is 14.2 Å². The summed E-state index contributed by atoms with van der Waals surface area (Å²) >= 11 is 0. The number of ether oxygens (including phenoxy) is 3. The molecule has 2 amide bonds. The van der Waals surface area contributed by atoms with E-state index in [1.807, 2.05) is 20.8 Å². The molecule has 2 aromatic rings. The number of rotatable bonds is 9. The fourth-order valence-electron chi connectivity index (χ4n) is 3.87. The maximum absolute atomic E-state index is 12.6. The summed E-state index contributed by atoms with van der Waals surface area (Å²) < 4.78 is 42.9. The van der Waals surface area contributed by atoms with Gasteiger partial charge >= 0.3 is 12.1 Å². The van der Waals surface area contributed by atoms with E-state index in [0.29, 0.717) is 42.9 Å². The van der Waals surface area contributed by atoms with Crippen LogP contribution in [-0.2, 0) is 24.3 Å². The maximum Gasteiger partial charge on any atom is 0.410 e. The Balaban J connectivity index is 1.41. The molecule has 1 aliphatic rings. The Morgan fingerprint density at radius 2 is 1.59 bits per heavy atom. The van der Waals surface area contributed by atoms with Gasteiger partial charge in [0.15, 0.2) is 6.73 Å². The van der Waals surface area contributed by atoms with Gasteiger partial charge in [-0.3, -0.25) is 9.59 Å². The first-order valence-corrected chi connectivity index (χ1v) is 14.0. The third-order valence-corrected chi connectivity index (χ3v) is 7.37. The Labute approximate surface area is 228 Å². The topological polar surface area (TPSA) is 140 Å². The summed E-state index contributed by atoms with van der Waals surface area (Å²) in [6.45, 7) is 5.88. The molecular formula is C27H35N3O8S. The minimum Gasteiger partial charge on any atom is -0.497 e. The van der Waals surface area contributed by atoms with Gasteiger partial charge < -0.3 is 24.4 Å². The Kier molecular flexibility index (Phi) is 9.92. The number of piperidine rings is 1. The van der Waals surface area contributed by atoms with Crippen molar-refractivity contribution in [3.8, 4) is 5.75 Å². The Bertz CT molecular complexity index is 1250. The van der Waals surface area contributed by atoms with Crippen LogP contribution in [0.1, 0.15) is 50.4 Å². The zero-order valence-corrected chi connectivity index (χ0v) is 23.4. The van der Waals surface area contributed by atoms with Crippen molar-refractivity contribution in [3.63, 3.8) is 0 Å². The predicted octanol–water partition coefficient (Wildman–Crippen LogP) is 3.76. The second-order valence-corrected chi connectivity index (χ2v) is 11.9. The van der Waals surface area contributed by atoms with Crippen LogP contribution in [0.4, 0.5) is 10.5 Å². The zero-order chi connectivity index (χ0) is 28.6. The second-order valence-electron chi connectivity index (χ2n) is 10.1. The van der Waals surface area contributed by atoms with Gasteiger partial charge in [-0.25, -0.2) is 13.2 Å². The van der Waals surface area contributed by atoms with E-state index in [2.05, 4.69) is 10.0 Å². The molecule has 11 nitrogen and oxygen atoms in total. The SMILES string of the molecule is COc1ccc(C(=O)Nc2ccc(S(=O)(=O)NCOC(=O)CC3CCN(C(=O)OC(C)(C)C)CC3)cc2)cc1. The molecule has 2 aromatic carbocycles. The van der Waals surface area contributed by atoms with Crippen LogP contribution >= 0.6 is 0 Å².